The van der Waals surface area contributed by atoms with E-state index in [1.54, 1.807) is 25.3 Å². The number of nitrogens with zero attached hydrogens (tertiary/aromatic N) is 2. The van der Waals surface area contributed by atoms with Gasteiger partial charge in [0.1, 0.15) is 0 Å². The minimum Gasteiger partial charge on any atom is -0.396 e. The van der Waals surface area contributed by atoms with Crippen LogP contribution in [0.5, 0.6) is 0 Å². The van der Waals surface area contributed by atoms with Gasteiger partial charge >= 0.3 is 0 Å². The predicted molar refractivity (Wildman–Crippen MR) is 54.3 cm³/mol. The maximum Gasteiger partial charge on any atom is 0.174 e. The molecule has 0 aliphatic heterocycles. The van der Waals surface area contributed by atoms with Gasteiger partial charge in [-0.2, -0.15) is 0 Å². The Kier molecular flexibility index (Phi) is 5.26. The molecule has 0 aromatic carbocycles. The van der Waals surface area contributed by atoms with Crippen LogP contribution in [-0.4, -0.2) is 12.1 Å². The topological polar surface area (TPSA) is 50.7 Å². The van der Waals surface area contributed by atoms with Crippen molar-refractivity contribution in [3.8, 4) is 0 Å². The molecule has 0 saturated carbocycles. The van der Waals surface area contributed by atoms with Crippen molar-refractivity contribution in [2.24, 2.45) is 15.7 Å². The number of amidine groups is 1. The van der Waals surface area contributed by atoms with Crippen molar-refractivity contribution < 1.29 is 0 Å². The lowest BCUT2D eigenvalue weighted by molar-refractivity contribution is 1.39. The van der Waals surface area contributed by atoms with Crippen molar-refractivity contribution in [3.05, 3.63) is 37.2 Å². The van der Waals surface area contributed by atoms with Gasteiger partial charge in [-0.1, -0.05) is 19.2 Å². The molecule has 12 heavy (non-hydrogen) atoms. The number of aliphatic imine (C=N–C) groups is 2. The molecule has 0 amide bonds. The second kappa shape index (κ2) is 6.09. The van der Waals surface area contributed by atoms with Crippen LogP contribution in [0, 0.1) is 0 Å². The van der Waals surface area contributed by atoms with E-state index in [-0.39, 0.29) is 0 Å². The molecule has 2 N–H and O–H groups in total. The van der Waals surface area contributed by atoms with E-state index in [2.05, 4.69) is 23.1 Å². The van der Waals surface area contributed by atoms with Gasteiger partial charge in [-0.3, -0.25) is 0 Å². The maximum absolute atomic E-state index is 5.60. The van der Waals surface area contributed by atoms with Gasteiger partial charge in [0.15, 0.2) is 5.84 Å². The summed E-state index contributed by atoms with van der Waals surface area (Å²) in [4.78, 5) is 7.82. The van der Waals surface area contributed by atoms with E-state index in [0.29, 0.717) is 11.5 Å². The first-order chi connectivity index (χ1) is 5.76. The van der Waals surface area contributed by atoms with E-state index in [0.717, 1.165) is 0 Å². The zero-order valence-electron chi connectivity index (χ0n) is 7.20. The van der Waals surface area contributed by atoms with Crippen molar-refractivity contribution in [2.75, 3.05) is 0 Å². The largest absolute Gasteiger partial charge is 0.396 e. The average molecular weight is 163 g/mol. The molecule has 0 aromatic heterocycles. The van der Waals surface area contributed by atoms with Crippen molar-refractivity contribution in [2.45, 2.75) is 6.92 Å². The molecule has 0 aliphatic rings. The number of allylic oxidation sites excluding steroid dienone is 2. The monoisotopic (exact) mass is 163 g/mol. The lowest BCUT2D eigenvalue weighted by Gasteiger charge is -1.96. The minimum absolute atomic E-state index is 0.451. The van der Waals surface area contributed by atoms with Crippen LogP contribution in [0.25, 0.3) is 0 Å². The predicted octanol–water partition coefficient (Wildman–Crippen LogP) is 1.65. The molecule has 0 unspecified atom stereocenters. The highest BCUT2D eigenvalue weighted by atomic mass is 14.9. The van der Waals surface area contributed by atoms with Gasteiger partial charge in [0.2, 0.25) is 0 Å². The fourth-order valence-electron chi connectivity index (χ4n) is 0.593. The molecule has 64 valence electrons. The van der Waals surface area contributed by atoms with Crippen LogP contribution in [0.2, 0.25) is 0 Å². The van der Waals surface area contributed by atoms with E-state index >= 15 is 0 Å². The van der Waals surface area contributed by atoms with Crippen molar-refractivity contribution in [1.29, 1.82) is 0 Å². The lowest BCUT2D eigenvalue weighted by Crippen LogP contribution is -2.08. The molecular weight excluding hydrogens is 150 g/mol. The van der Waals surface area contributed by atoms with Crippen molar-refractivity contribution in [1.82, 2.24) is 0 Å². The summed E-state index contributed by atoms with van der Waals surface area (Å²) in [6.45, 7) is 8.76. The molecule has 0 heterocycles. The minimum atomic E-state index is 0.451. The average Bonchev–Trinajstić information content (AvgIpc) is 2.04. The quantitative estimate of drug-likeness (QED) is 0.384. The van der Waals surface area contributed by atoms with Crippen molar-refractivity contribution in [3.63, 3.8) is 0 Å². The van der Waals surface area contributed by atoms with Gasteiger partial charge in [-0.25, -0.2) is 9.98 Å². The summed E-state index contributed by atoms with van der Waals surface area (Å²) in [6, 6.07) is 0. The summed E-state index contributed by atoms with van der Waals surface area (Å²) in [5.41, 5.74) is 6.07. The first-order valence-corrected chi connectivity index (χ1v) is 3.52. The van der Waals surface area contributed by atoms with Crippen LogP contribution in [-0.2, 0) is 0 Å². The Morgan fingerprint density at radius 3 is 2.50 bits per heavy atom. The third kappa shape index (κ3) is 3.51. The van der Waals surface area contributed by atoms with Gasteiger partial charge in [0.05, 0.1) is 5.70 Å². The molecule has 0 radical (unpaired) electrons. The van der Waals surface area contributed by atoms with Gasteiger partial charge in [-0.05, 0) is 13.0 Å². The molecule has 0 spiro atoms. The summed E-state index contributed by atoms with van der Waals surface area (Å²) < 4.78 is 0. The molecule has 0 aromatic rings. The Morgan fingerprint density at radius 2 is 2.08 bits per heavy atom. The number of hydrogen-bond acceptors (Lipinski definition) is 2. The Labute approximate surface area is 72.7 Å². The van der Waals surface area contributed by atoms with E-state index in [4.69, 9.17) is 5.73 Å². The van der Waals surface area contributed by atoms with Crippen LogP contribution in [0.15, 0.2) is 47.2 Å². The smallest absolute Gasteiger partial charge is 0.174 e. The Bertz CT molecular complexity index is 246. The van der Waals surface area contributed by atoms with Crippen LogP contribution < -0.4 is 5.73 Å². The van der Waals surface area contributed by atoms with Crippen LogP contribution in [0.3, 0.4) is 0 Å². The Balaban J connectivity index is 4.73. The van der Waals surface area contributed by atoms with E-state index < -0.39 is 0 Å². The molecule has 0 atom stereocenters. The standard InChI is InChI=1S/C9H13N3/c1-4-7-8(10)9(11-5-2)12-6-3/h4-7H,1-2,10H2,3H3/b8-7+,11-9?,12-6?. The Hall–Kier alpha value is -1.64. The first kappa shape index (κ1) is 10.4. The van der Waals surface area contributed by atoms with E-state index in [9.17, 15) is 0 Å². The number of hydrogen-bond donors (Lipinski definition) is 1. The third-order valence-electron chi connectivity index (χ3n) is 1.02. The zero-order chi connectivity index (χ0) is 9.40. The van der Waals surface area contributed by atoms with Crippen LogP contribution in [0.1, 0.15) is 6.92 Å². The van der Waals surface area contributed by atoms with E-state index in [1.807, 2.05) is 0 Å². The van der Waals surface area contributed by atoms with Gasteiger partial charge < -0.3 is 5.73 Å². The third-order valence-corrected chi connectivity index (χ3v) is 1.02. The van der Waals surface area contributed by atoms with Gasteiger partial charge in [0, 0.05) is 12.4 Å². The molecule has 0 rings (SSSR count). The summed E-state index contributed by atoms with van der Waals surface area (Å²) in [6.07, 6.45) is 6.23. The second-order valence-electron chi connectivity index (χ2n) is 1.88. The van der Waals surface area contributed by atoms with E-state index in [1.165, 1.54) is 6.20 Å². The highest BCUT2D eigenvalue weighted by molar-refractivity contribution is 6.02. The fraction of sp³-hybridized carbons (Fsp3) is 0.111. The first-order valence-electron chi connectivity index (χ1n) is 3.52. The molecule has 3 heteroatoms. The molecule has 0 saturated heterocycles. The highest BCUT2D eigenvalue weighted by Gasteiger charge is 1.95. The molecule has 3 nitrogen and oxygen atoms in total. The summed E-state index contributed by atoms with van der Waals surface area (Å²) >= 11 is 0. The van der Waals surface area contributed by atoms with Crippen LogP contribution >= 0.6 is 0 Å². The van der Waals surface area contributed by atoms with Gasteiger partial charge in [-0.15, -0.1) is 0 Å². The summed E-state index contributed by atoms with van der Waals surface area (Å²) in [7, 11) is 0. The molecular formula is C9H13N3. The lowest BCUT2D eigenvalue weighted by atomic mass is 10.4. The fourth-order valence-corrected chi connectivity index (χ4v) is 0.593. The van der Waals surface area contributed by atoms with Crippen LogP contribution in [0.4, 0.5) is 0 Å². The normalized spacial score (nSPS) is 13.4. The summed E-state index contributed by atoms with van der Waals surface area (Å²) in [5, 5.41) is 0. The molecule has 0 aliphatic carbocycles. The zero-order valence-corrected chi connectivity index (χ0v) is 7.20. The Morgan fingerprint density at radius 1 is 1.42 bits per heavy atom. The van der Waals surface area contributed by atoms with Crippen molar-refractivity contribution >= 4 is 12.1 Å². The van der Waals surface area contributed by atoms with Gasteiger partial charge in [0.25, 0.3) is 0 Å². The molecule has 0 bridgehead atoms. The maximum atomic E-state index is 5.60. The molecule has 0 fully saturated rings. The number of nitrogens with two attached hydrogens (primary N) is 1. The SMILES string of the molecule is C=C/C=C(/N)C(N=CC)=NC=C. The summed E-state index contributed by atoms with van der Waals surface area (Å²) in [5.74, 6) is 0.451. The number of rotatable bonds is 3. The second-order valence-corrected chi connectivity index (χ2v) is 1.88. The highest BCUT2D eigenvalue weighted by Crippen LogP contribution is 1.93.